The average molecular weight is 372 g/mol. The van der Waals surface area contributed by atoms with E-state index in [2.05, 4.69) is 0 Å². The third-order valence-electron chi connectivity index (χ3n) is 4.28. The van der Waals surface area contributed by atoms with Crippen LogP contribution in [0.25, 0.3) is 6.08 Å². The number of benzene rings is 1. The quantitative estimate of drug-likeness (QED) is 0.447. The number of phenolic OH excluding ortho intramolecular Hbond substituents is 1. The number of aromatic hydroxyl groups is 1. The number of rotatable bonds is 6. The number of amides is 1. The van der Waals surface area contributed by atoms with Gasteiger partial charge in [0.05, 0.1) is 19.8 Å². The molecule has 0 saturated carbocycles. The summed E-state index contributed by atoms with van der Waals surface area (Å²) >= 11 is 0. The molecule has 7 nitrogen and oxygen atoms in total. The number of allylic oxidation sites excluding steroid dienone is 2. The molecule has 1 amide bonds. The fraction of sp³-hybridized carbons (Fsp3) is 0.250. The zero-order chi connectivity index (χ0) is 20.0. The smallest absolute Gasteiger partial charge is 0.251 e. The molecule has 1 aliphatic heterocycles. The van der Waals surface area contributed by atoms with E-state index >= 15 is 0 Å². The normalized spacial score (nSPS) is 17.7. The Morgan fingerprint density at radius 3 is 2.70 bits per heavy atom. The van der Waals surface area contributed by atoms with Gasteiger partial charge in [-0.3, -0.25) is 4.79 Å². The topological polar surface area (TPSA) is 116 Å². The summed E-state index contributed by atoms with van der Waals surface area (Å²) in [6.07, 6.45) is 7.87. The average Bonchev–Trinajstić information content (AvgIpc) is 2.67. The molecule has 0 aromatic heterocycles. The molecule has 0 saturated heterocycles. The Labute approximate surface area is 158 Å². The Balaban J connectivity index is 2.10. The van der Waals surface area contributed by atoms with Gasteiger partial charge in [0.1, 0.15) is 5.76 Å². The third kappa shape index (κ3) is 4.58. The van der Waals surface area contributed by atoms with Crippen molar-refractivity contribution >= 4 is 12.0 Å². The maximum absolute atomic E-state index is 12.4. The second kappa shape index (κ2) is 9.07. The molecule has 0 bridgehead atoms. The standard InChI is InChI=1S/C20H24N2O5/c1-13-20(26)16(10-21)15(12-23)11-22(13)19(25)6-4-3-5-14-7-8-17(24)18(9-14)27-2/h3-9,11,13,23-24,26H,10,12,21H2,1-2H3/b5-3+,6-4+. The Morgan fingerprint density at radius 1 is 1.33 bits per heavy atom. The number of aliphatic hydroxyl groups excluding tert-OH is 2. The maximum Gasteiger partial charge on any atom is 0.251 e. The molecular weight excluding hydrogens is 348 g/mol. The number of ether oxygens (including phenoxy) is 1. The van der Waals surface area contributed by atoms with E-state index in [4.69, 9.17) is 10.5 Å². The van der Waals surface area contributed by atoms with Crippen LogP contribution in [0.1, 0.15) is 12.5 Å². The van der Waals surface area contributed by atoms with Gasteiger partial charge in [-0.25, -0.2) is 0 Å². The van der Waals surface area contributed by atoms with Gasteiger partial charge in [-0.2, -0.15) is 0 Å². The van der Waals surface area contributed by atoms with E-state index in [1.807, 2.05) is 0 Å². The lowest BCUT2D eigenvalue weighted by Gasteiger charge is -2.31. The second-order valence-corrected chi connectivity index (χ2v) is 5.95. The Morgan fingerprint density at radius 2 is 2.07 bits per heavy atom. The summed E-state index contributed by atoms with van der Waals surface area (Å²) in [5.41, 5.74) is 7.28. The summed E-state index contributed by atoms with van der Waals surface area (Å²) in [5, 5.41) is 29.2. The lowest BCUT2D eigenvalue weighted by atomic mass is 9.98. The molecule has 7 heteroatoms. The third-order valence-corrected chi connectivity index (χ3v) is 4.28. The lowest BCUT2D eigenvalue weighted by Crippen LogP contribution is -2.39. The van der Waals surface area contributed by atoms with Crippen molar-refractivity contribution in [2.75, 3.05) is 20.3 Å². The van der Waals surface area contributed by atoms with E-state index in [-0.39, 0.29) is 30.6 Å². The summed E-state index contributed by atoms with van der Waals surface area (Å²) in [5.74, 6) is 0.0520. The van der Waals surface area contributed by atoms with Crippen molar-refractivity contribution in [3.05, 3.63) is 65.1 Å². The molecule has 1 atom stereocenters. The van der Waals surface area contributed by atoms with Crippen LogP contribution in [0.15, 0.2) is 59.5 Å². The summed E-state index contributed by atoms with van der Waals surface area (Å²) in [6.45, 7) is 1.44. The first kappa shape index (κ1) is 20.3. The molecule has 0 aliphatic carbocycles. The number of carbonyl (C=O) groups is 1. The summed E-state index contributed by atoms with van der Waals surface area (Å²) in [6, 6.07) is 4.33. The SMILES string of the molecule is COc1cc(/C=C/C=C/C(=O)N2C=C(CO)C(CN)=C(O)C2C)ccc1O. The molecule has 0 radical (unpaired) electrons. The molecule has 1 aliphatic rings. The number of hydrogen-bond acceptors (Lipinski definition) is 6. The highest BCUT2D eigenvalue weighted by atomic mass is 16.5. The largest absolute Gasteiger partial charge is 0.510 e. The van der Waals surface area contributed by atoms with Crippen molar-refractivity contribution in [3.8, 4) is 11.5 Å². The van der Waals surface area contributed by atoms with Crippen molar-refractivity contribution in [2.24, 2.45) is 5.73 Å². The van der Waals surface area contributed by atoms with Gasteiger partial charge in [-0.15, -0.1) is 0 Å². The highest BCUT2D eigenvalue weighted by molar-refractivity contribution is 5.89. The molecule has 144 valence electrons. The van der Waals surface area contributed by atoms with Gasteiger partial charge in [0, 0.05) is 30.0 Å². The molecule has 2 rings (SSSR count). The number of carbonyl (C=O) groups excluding carboxylic acids is 1. The van der Waals surface area contributed by atoms with Crippen LogP contribution in [0.5, 0.6) is 11.5 Å². The van der Waals surface area contributed by atoms with Gasteiger partial charge < -0.3 is 30.7 Å². The predicted molar refractivity (Wildman–Crippen MR) is 103 cm³/mol. The molecule has 1 heterocycles. The Hall–Kier alpha value is -3.03. The van der Waals surface area contributed by atoms with Crippen molar-refractivity contribution in [1.82, 2.24) is 4.90 Å². The Bertz CT molecular complexity index is 824. The first-order valence-corrected chi connectivity index (χ1v) is 8.41. The van der Waals surface area contributed by atoms with Crippen LogP contribution in [0.4, 0.5) is 0 Å². The number of aliphatic hydroxyl groups is 2. The van der Waals surface area contributed by atoms with Crippen molar-refractivity contribution in [2.45, 2.75) is 13.0 Å². The van der Waals surface area contributed by atoms with Crippen molar-refractivity contribution in [3.63, 3.8) is 0 Å². The Kier molecular flexibility index (Phi) is 6.81. The molecule has 1 unspecified atom stereocenters. The van der Waals surface area contributed by atoms with Crippen molar-refractivity contribution in [1.29, 1.82) is 0 Å². The van der Waals surface area contributed by atoms with Gasteiger partial charge >= 0.3 is 0 Å². The van der Waals surface area contributed by atoms with Crippen LogP contribution in [0.2, 0.25) is 0 Å². The van der Waals surface area contributed by atoms with Crippen LogP contribution >= 0.6 is 0 Å². The number of nitrogens with two attached hydrogens (primary N) is 1. The lowest BCUT2D eigenvalue weighted by molar-refractivity contribution is -0.125. The monoisotopic (exact) mass is 372 g/mol. The zero-order valence-electron chi connectivity index (χ0n) is 15.3. The van der Waals surface area contributed by atoms with Crippen LogP contribution < -0.4 is 10.5 Å². The highest BCUT2D eigenvalue weighted by Crippen LogP contribution is 2.27. The van der Waals surface area contributed by atoms with E-state index in [1.165, 1.54) is 30.4 Å². The number of phenols is 1. The number of hydrogen-bond donors (Lipinski definition) is 4. The van der Waals surface area contributed by atoms with Crippen LogP contribution in [-0.4, -0.2) is 52.4 Å². The fourth-order valence-electron chi connectivity index (χ4n) is 2.72. The summed E-state index contributed by atoms with van der Waals surface area (Å²) < 4.78 is 5.04. The van der Waals surface area contributed by atoms with E-state index in [9.17, 15) is 20.1 Å². The van der Waals surface area contributed by atoms with E-state index < -0.39 is 6.04 Å². The summed E-state index contributed by atoms with van der Waals surface area (Å²) in [7, 11) is 1.47. The van der Waals surface area contributed by atoms with E-state index in [0.717, 1.165) is 5.56 Å². The van der Waals surface area contributed by atoms with Crippen molar-refractivity contribution < 1.29 is 24.9 Å². The molecular formula is C20H24N2O5. The van der Waals surface area contributed by atoms with Gasteiger partial charge in [0.2, 0.25) is 0 Å². The molecule has 5 N–H and O–H groups in total. The van der Waals surface area contributed by atoms with Gasteiger partial charge in [-0.05, 0) is 24.6 Å². The summed E-state index contributed by atoms with van der Waals surface area (Å²) in [4.78, 5) is 13.8. The number of methoxy groups -OCH3 is 1. The fourth-order valence-corrected chi connectivity index (χ4v) is 2.72. The molecule has 0 fully saturated rings. The van der Waals surface area contributed by atoms with E-state index in [1.54, 1.807) is 37.3 Å². The molecule has 1 aromatic rings. The van der Waals surface area contributed by atoms with Gasteiger partial charge in [-0.1, -0.05) is 24.3 Å². The minimum Gasteiger partial charge on any atom is -0.510 e. The van der Waals surface area contributed by atoms with Gasteiger partial charge in [0.25, 0.3) is 5.91 Å². The van der Waals surface area contributed by atoms with E-state index in [0.29, 0.717) is 16.9 Å². The van der Waals surface area contributed by atoms with Crippen LogP contribution in [-0.2, 0) is 4.79 Å². The minimum absolute atomic E-state index is 0.0162. The maximum atomic E-state index is 12.4. The minimum atomic E-state index is -0.568. The first-order valence-electron chi connectivity index (χ1n) is 8.41. The second-order valence-electron chi connectivity index (χ2n) is 5.95. The number of nitrogens with zero attached hydrogens (tertiary/aromatic N) is 1. The predicted octanol–water partition coefficient (Wildman–Crippen LogP) is 1.85. The van der Waals surface area contributed by atoms with Crippen LogP contribution in [0.3, 0.4) is 0 Å². The van der Waals surface area contributed by atoms with Crippen LogP contribution in [0, 0.1) is 0 Å². The zero-order valence-corrected chi connectivity index (χ0v) is 15.3. The first-order chi connectivity index (χ1) is 12.9. The molecule has 1 aromatic carbocycles. The highest BCUT2D eigenvalue weighted by Gasteiger charge is 2.28. The molecule has 0 spiro atoms. The molecule has 27 heavy (non-hydrogen) atoms. The van der Waals surface area contributed by atoms with Gasteiger partial charge in [0.15, 0.2) is 11.5 Å².